The molecule has 0 aromatic carbocycles. The van der Waals surface area contributed by atoms with Gasteiger partial charge in [0.05, 0.1) is 67.1 Å². The highest BCUT2D eigenvalue weighted by molar-refractivity contribution is 5.97. The number of imidazole rings is 4. The molecular formula is C40H38N12. The third-order valence-electron chi connectivity index (χ3n) is 9.87. The molecule has 7 aromatic rings. The summed E-state index contributed by atoms with van der Waals surface area (Å²) >= 11 is 0. The van der Waals surface area contributed by atoms with Gasteiger partial charge < -0.3 is 28.2 Å². The smallest absolute Gasteiger partial charge is 0.144 e. The zero-order chi connectivity index (χ0) is 35.3. The molecule has 2 aliphatic heterocycles. The van der Waals surface area contributed by atoms with Crippen LogP contribution in [-0.4, -0.2) is 58.1 Å². The van der Waals surface area contributed by atoms with Crippen LogP contribution in [0.3, 0.4) is 0 Å². The maximum atomic E-state index is 5.36. The highest BCUT2D eigenvalue weighted by Gasteiger charge is 2.23. The highest BCUT2D eigenvalue weighted by Crippen LogP contribution is 2.37. The molecule has 9 heterocycles. The van der Waals surface area contributed by atoms with Crippen molar-refractivity contribution in [2.45, 2.75) is 53.9 Å². The van der Waals surface area contributed by atoms with Crippen molar-refractivity contribution in [3.8, 4) is 45.6 Å². The fourth-order valence-electron chi connectivity index (χ4n) is 7.32. The summed E-state index contributed by atoms with van der Waals surface area (Å²) in [5.41, 5.74) is 10.4. The van der Waals surface area contributed by atoms with Crippen molar-refractivity contribution in [2.24, 2.45) is 0 Å². The summed E-state index contributed by atoms with van der Waals surface area (Å²) in [6, 6.07) is 8.43. The lowest BCUT2D eigenvalue weighted by atomic mass is 10.1. The van der Waals surface area contributed by atoms with E-state index in [4.69, 9.17) is 29.9 Å². The minimum atomic E-state index is 0.761. The average Bonchev–Trinajstić information content (AvgIpc) is 4.02. The van der Waals surface area contributed by atoms with Crippen molar-refractivity contribution >= 4 is 46.4 Å². The van der Waals surface area contributed by atoms with Crippen molar-refractivity contribution in [2.75, 3.05) is 0 Å². The standard InChI is InChI=1S/C40H38N12/c1-5-49-21-17-41-37(49)33-25-9-11-27(45-25)34(38-42-18-22-50(38)6-2)29-13-15-31(47-29)36(40-44-20-24-52(40)8-4)32-16-14-30(48-32)35(28-12-10-26(33)46-28)39-43-19-23-51(39)7-3/h9-24,45,48H,5-8H2,1-4H3. The monoisotopic (exact) mass is 686 g/mol. The van der Waals surface area contributed by atoms with Crippen molar-refractivity contribution in [1.29, 1.82) is 0 Å². The van der Waals surface area contributed by atoms with Gasteiger partial charge in [-0.15, -0.1) is 0 Å². The number of aromatic amines is 2. The molecule has 0 aliphatic carbocycles. The Morgan fingerprint density at radius 2 is 0.654 bits per heavy atom. The zero-order valence-electron chi connectivity index (χ0n) is 29.5. The quantitative estimate of drug-likeness (QED) is 0.166. The largest absolute Gasteiger partial charge is 0.354 e. The normalized spacial score (nSPS) is 12.4. The van der Waals surface area contributed by atoms with E-state index in [0.717, 1.165) is 117 Å². The molecule has 0 saturated carbocycles. The number of aromatic nitrogens is 12. The van der Waals surface area contributed by atoms with Gasteiger partial charge in [-0.05, 0) is 76.3 Å². The van der Waals surface area contributed by atoms with E-state index in [1.807, 2.05) is 49.6 Å². The van der Waals surface area contributed by atoms with Crippen molar-refractivity contribution < 1.29 is 0 Å². The molecule has 12 heteroatoms. The number of nitrogens with one attached hydrogen (secondary N) is 2. The molecule has 0 fully saturated rings. The lowest BCUT2D eigenvalue weighted by molar-refractivity contribution is 0.770. The van der Waals surface area contributed by atoms with Crippen LogP contribution < -0.4 is 0 Å². The third kappa shape index (κ3) is 4.97. The van der Waals surface area contributed by atoms with Gasteiger partial charge >= 0.3 is 0 Å². The van der Waals surface area contributed by atoms with E-state index in [0.29, 0.717) is 0 Å². The van der Waals surface area contributed by atoms with E-state index in [2.05, 4.69) is 105 Å². The average molecular weight is 687 g/mol. The van der Waals surface area contributed by atoms with Crippen LogP contribution in [0.1, 0.15) is 50.5 Å². The zero-order valence-corrected chi connectivity index (χ0v) is 29.5. The van der Waals surface area contributed by atoms with Crippen LogP contribution in [0.4, 0.5) is 0 Å². The van der Waals surface area contributed by atoms with Gasteiger partial charge in [-0.1, -0.05) is 0 Å². The van der Waals surface area contributed by atoms with Gasteiger partial charge in [0.25, 0.3) is 0 Å². The molecule has 0 amide bonds. The fraction of sp³-hybridized carbons (Fsp3) is 0.200. The Morgan fingerprint density at radius 1 is 0.404 bits per heavy atom. The number of hydrogen-bond acceptors (Lipinski definition) is 6. The van der Waals surface area contributed by atoms with E-state index in [9.17, 15) is 0 Å². The number of H-pyrrole nitrogens is 2. The van der Waals surface area contributed by atoms with Gasteiger partial charge in [-0.2, -0.15) is 0 Å². The second kappa shape index (κ2) is 12.6. The molecule has 0 spiro atoms. The molecule has 9 rings (SSSR count). The third-order valence-corrected chi connectivity index (χ3v) is 9.87. The van der Waals surface area contributed by atoms with E-state index in [1.165, 1.54) is 0 Å². The Labute approximate surface area is 300 Å². The molecule has 7 aromatic heterocycles. The van der Waals surface area contributed by atoms with Gasteiger partial charge in [-0.25, -0.2) is 29.9 Å². The van der Waals surface area contributed by atoms with Gasteiger partial charge in [0, 0.05) is 75.8 Å². The van der Waals surface area contributed by atoms with Crippen LogP contribution in [-0.2, 0) is 26.2 Å². The van der Waals surface area contributed by atoms with Crippen LogP contribution >= 0.6 is 0 Å². The fourth-order valence-corrected chi connectivity index (χ4v) is 7.32. The topological polar surface area (TPSA) is 129 Å². The number of fused-ring (bicyclic) bond motifs is 8. The Bertz CT molecular complexity index is 2340. The van der Waals surface area contributed by atoms with Crippen LogP contribution in [0.2, 0.25) is 0 Å². The second-order valence-electron chi connectivity index (χ2n) is 12.7. The van der Waals surface area contributed by atoms with Crippen LogP contribution in [0, 0.1) is 0 Å². The molecule has 0 unspecified atom stereocenters. The molecule has 258 valence electrons. The molecule has 0 saturated heterocycles. The van der Waals surface area contributed by atoms with Gasteiger partial charge in [-0.3, -0.25) is 0 Å². The molecule has 2 N–H and O–H groups in total. The van der Waals surface area contributed by atoms with E-state index in [1.54, 1.807) is 0 Å². The summed E-state index contributed by atoms with van der Waals surface area (Å²) < 4.78 is 8.58. The van der Waals surface area contributed by atoms with Gasteiger partial charge in [0.1, 0.15) is 23.3 Å². The molecule has 0 radical (unpaired) electrons. The summed E-state index contributed by atoms with van der Waals surface area (Å²) in [4.78, 5) is 37.7. The molecule has 0 atom stereocenters. The maximum absolute atomic E-state index is 5.36. The second-order valence-corrected chi connectivity index (χ2v) is 12.7. The van der Waals surface area contributed by atoms with Crippen LogP contribution in [0.15, 0.2) is 73.8 Å². The molecule has 2 aliphatic rings. The minimum Gasteiger partial charge on any atom is -0.354 e. The van der Waals surface area contributed by atoms with E-state index in [-0.39, 0.29) is 0 Å². The predicted molar refractivity (Wildman–Crippen MR) is 206 cm³/mol. The van der Waals surface area contributed by atoms with Crippen molar-refractivity contribution in [3.63, 3.8) is 0 Å². The lowest BCUT2D eigenvalue weighted by Gasteiger charge is -2.09. The molecular weight excluding hydrogens is 649 g/mol. The Balaban J connectivity index is 1.49. The molecule has 52 heavy (non-hydrogen) atoms. The Kier molecular flexibility index (Phi) is 7.64. The van der Waals surface area contributed by atoms with Crippen LogP contribution in [0.25, 0.3) is 91.9 Å². The van der Waals surface area contributed by atoms with Crippen molar-refractivity contribution in [1.82, 2.24) is 58.1 Å². The summed E-state index contributed by atoms with van der Waals surface area (Å²) in [5.74, 6) is 3.32. The predicted octanol–water partition coefficient (Wildman–Crippen LogP) is 8.19. The maximum Gasteiger partial charge on any atom is 0.144 e. The first-order chi connectivity index (χ1) is 25.6. The first-order valence-corrected chi connectivity index (χ1v) is 17.8. The molecule has 12 nitrogen and oxygen atoms in total. The number of rotatable bonds is 8. The highest BCUT2D eigenvalue weighted by atomic mass is 15.1. The number of hydrogen-bond donors (Lipinski definition) is 2. The first-order valence-electron chi connectivity index (χ1n) is 17.8. The van der Waals surface area contributed by atoms with E-state index < -0.39 is 0 Å². The number of nitrogens with zero attached hydrogens (tertiary/aromatic N) is 10. The summed E-state index contributed by atoms with van der Waals surface area (Å²) in [5, 5.41) is 0. The SMILES string of the molecule is CCn1ccnc1-c1c2nc(c(-c3nccn3CC)c3ccc([nH]3)c(-c3nccn3CC)c3nc(c(-c4nccn4CC)c4ccc1[nH]4)C=C3)C=C2. The van der Waals surface area contributed by atoms with Gasteiger partial charge in [0.15, 0.2) is 0 Å². The summed E-state index contributed by atoms with van der Waals surface area (Å²) in [6.45, 7) is 11.5. The summed E-state index contributed by atoms with van der Waals surface area (Å²) in [6.07, 6.45) is 23.7. The summed E-state index contributed by atoms with van der Waals surface area (Å²) in [7, 11) is 0. The Morgan fingerprint density at radius 3 is 0.885 bits per heavy atom. The Hall–Kier alpha value is -6.56. The number of aryl methyl sites for hydroxylation is 4. The lowest BCUT2D eigenvalue weighted by Crippen LogP contribution is -2.00. The molecule has 8 bridgehead atoms. The van der Waals surface area contributed by atoms with Crippen LogP contribution in [0.5, 0.6) is 0 Å². The van der Waals surface area contributed by atoms with Crippen molar-refractivity contribution in [3.05, 3.63) is 96.6 Å². The first kappa shape index (κ1) is 31.4. The minimum absolute atomic E-state index is 0.761. The van der Waals surface area contributed by atoms with Gasteiger partial charge in [0.2, 0.25) is 0 Å². The van der Waals surface area contributed by atoms with E-state index >= 15 is 0 Å².